The minimum absolute atomic E-state index is 0. The van der Waals surface area contributed by atoms with Gasteiger partial charge in [0.1, 0.15) is 0 Å². The van der Waals surface area contributed by atoms with Crippen molar-refractivity contribution in [3.8, 4) is 0 Å². The van der Waals surface area contributed by atoms with Gasteiger partial charge in [0.2, 0.25) is 0 Å². The molecule has 0 saturated heterocycles. The van der Waals surface area contributed by atoms with E-state index in [4.69, 9.17) is 0 Å². The third-order valence-electron chi connectivity index (χ3n) is 2.20. The van der Waals surface area contributed by atoms with Crippen LogP contribution in [0.1, 0.15) is 32.1 Å². The molecule has 2 heteroatoms. The molecular weight excluding hydrogens is 208 g/mol. The fourth-order valence-corrected chi connectivity index (χ4v) is 1.70. The van der Waals surface area contributed by atoms with Gasteiger partial charge in [-0.25, -0.2) is 21.4 Å². The summed E-state index contributed by atoms with van der Waals surface area (Å²) in [5.74, 6) is 0. The van der Waals surface area contributed by atoms with Crippen LogP contribution in [-0.2, 0) is 21.7 Å². The van der Waals surface area contributed by atoms with E-state index in [1.165, 1.54) is 37.7 Å². The molecule has 0 bridgehead atoms. The average molecular weight is 224 g/mol. The largest absolute Gasteiger partial charge is 3.00 e. The van der Waals surface area contributed by atoms with Gasteiger partial charge in [-0.3, -0.25) is 6.08 Å². The Hall–Kier alpha value is 0.411. The molecule has 68 valence electrons. The van der Waals surface area contributed by atoms with Gasteiger partial charge in [-0.15, -0.1) is 0 Å². The van der Waals surface area contributed by atoms with Crippen LogP contribution in [0.5, 0.6) is 0 Å². The third kappa shape index (κ3) is 4.44. The fraction of sp³-hybridized carbons (Fsp3) is 0.455. The van der Waals surface area contributed by atoms with Gasteiger partial charge in [0.15, 0.2) is 0 Å². The first kappa shape index (κ1) is 15.9. The van der Waals surface area contributed by atoms with Gasteiger partial charge in [0.25, 0.3) is 0 Å². The van der Waals surface area contributed by atoms with Crippen molar-refractivity contribution >= 4 is 10.2 Å². The maximum absolute atomic E-state index is 3.34. The minimum atomic E-state index is 0. The fourth-order valence-electron chi connectivity index (χ4n) is 1.70. The van der Waals surface area contributed by atoms with Crippen LogP contribution in [0.25, 0.3) is 0 Å². The Morgan fingerprint density at radius 1 is 1.23 bits per heavy atom. The Morgan fingerprint density at radius 3 is 2.54 bits per heavy atom. The molecule has 0 nitrogen and oxygen atoms in total. The quantitative estimate of drug-likeness (QED) is 0.438. The second-order valence-electron chi connectivity index (χ2n) is 2.82. The number of hydrogen-bond donors (Lipinski definition) is 0. The molecule has 0 aliphatic heterocycles. The Labute approximate surface area is 101 Å². The van der Waals surface area contributed by atoms with Crippen LogP contribution in [-0.4, -0.2) is 10.2 Å². The van der Waals surface area contributed by atoms with Crippen LogP contribution in [0.15, 0.2) is 17.2 Å². The van der Waals surface area contributed by atoms with Gasteiger partial charge in [-0.1, -0.05) is 32.1 Å². The zero-order valence-electron chi connectivity index (χ0n) is 8.32. The molecular formula is C11H16SiTi. The van der Waals surface area contributed by atoms with Crippen molar-refractivity contribution in [2.75, 3.05) is 0 Å². The predicted molar refractivity (Wildman–Crippen MR) is 55.4 cm³/mol. The van der Waals surface area contributed by atoms with Crippen LogP contribution in [0.2, 0.25) is 0 Å². The van der Waals surface area contributed by atoms with Gasteiger partial charge in [0, 0.05) is 0 Å². The summed E-state index contributed by atoms with van der Waals surface area (Å²) >= 11 is 0. The van der Waals surface area contributed by atoms with Gasteiger partial charge < -0.3 is 14.0 Å². The molecule has 13 heavy (non-hydrogen) atoms. The van der Waals surface area contributed by atoms with E-state index < -0.39 is 0 Å². The van der Waals surface area contributed by atoms with E-state index in [0.29, 0.717) is 0 Å². The standard InChI is InChI=1S/C9H11.CH2Si.CH3.Ti/c1-2-5-9-7-3-6-8(9)4-1;1-2;;/h1H,2-3,5-7H2;1H2;1H3;/q3*-1;+3. The van der Waals surface area contributed by atoms with E-state index in [1.54, 1.807) is 5.57 Å². The molecule has 0 atom stereocenters. The second kappa shape index (κ2) is 8.99. The van der Waals surface area contributed by atoms with E-state index in [2.05, 4.69) is 28.9 Å². The maximum Gasteiger partial charge on any atom is 3.00 e. The van der Waals surface area contributed by atoms with E-state index in [9.17, 15) is 0 Å². The first-order chi connectivity index (χ1) is 5.47. The van der Waals surface area contributed by atoms with Crippen LogP contribution in [0.3, 0.4) is 0 Å². The maximum atomic E-state index is 3.34. The molecule has 0 N–H and O–H groups in total. The van der Waals surface area contributed by atoms with E-state index in [-0.39, 0.29) is 29.1 Å². The summed E-state index contributed by atoms with van der Waals surface area (Å²) in [4.78, 5) is 0. The Kier molecular flexibility index (Phi) is 11.0. The first-order valence-electron chi connectivity index (χ1n) is 4.11. The third-order valence-corrected chi connectivity index (χ3v) is 2.20. The van der Waals surface area contributed by atoms with E-state index >= 15 is 0 Å². The first-order valence-corrected chi connectivity index (χ1v) is 4.82. The zero-order valence-corrected chi connectivity index (χ0v) is 10.9. The van der Waals surface area contributed by atoms with E-state index in [1.807, 2.05) is 0 Å². The molecule has 0 aromatic heterocycles. The van der Waals surface area contributed by atoms with Crippen molar-refractivity contribution < 1.29 is 21.7 Å². The molecule has 0 spiro atoms. The molecule has 2 rings (SSSR count). The van der Waals surface area contributed by atoms with Crippen molar-refractivity contribution in [1.29, 1.82) is 0 Å². The summed E-state index contributed by atoms with van der Waals surface area (Å²) in [6.07, 6.45) is 12.1. The van der Waals surface area contributed by atoms with Crippen molar-refractivity contribution in [2.45, 2.75) is 32.1 Å². The monoisotopic (exact) mass is 224 g/mol. The average Bonchev–Trinajstić information content (AvgIpc) is 2.55. The predicted octanol–water partition coefficient (Wildman–Crippen LogP) is 3.01. The molecule has 0 saturated carbocycles. The Balaban J connectivity index is 0. The summed E-state index contributed by atoms with van der Waals surface area (Å²) in [5.41, 5.74) is 3.22. The van der Waals surface area contributed by atoms with Gasteiger partial charge in [-0.05, 0) is 0 Å². The molecule has 2 aliphatic rings. The van der Waals surface area contributed by atoms with Crippen molar-refractivity contribution in [3.63, 3.8) is 0 Å². The Bertz CT molecular complexity index is 183. The number of rotatable bonds is 0. The number of hydrogen-bond acceptors (Lipinski definition) is 0. The van der Waals surface area contributed by atoms with E-state index in [0.717, 1.165) is 0 Å². The minimum Gasteiger partial charge on any atom is -0.358 e. The second-order valence-corrected chi connectivity index (χ2v) is 2.82. The Morgan fingerprint density at radius 2 is 1.92 bits per heavy atom. The SMILES string of the molecule is [C-]1=CCCC2=C1CCC2.[CH2-][Si].[CH3-].[Ti+3]. The molecule has 0 fully saturated rings. The van der Waals surface area contributed by atoms with Crippen LogP contribution in [0.4, 0.5) is 0 Å². The smallest absolute Gasteiger partial charge is 0.358 e. The topological polar surface area (TPSA) is 0 Å². The molecule has 0 unspecified atom stereocenters. The summed E-state index contributed by atoms with van der Waals surface area (Å²) in [5, 5.41) is 0. The number of allylic oxidation sites excluding steroid dienone is 4. The summed E-state index contributed by atoms with van der Waals surface area (Å²) in [6, 6.07) is 0. The van der Waals surface area contributed by atoms with Crippen LogP contribution in [0, 0.1) is 20.0 Å². The van der Waals surface area contributed by atoms with Gasteiger partial charge >= 0.3 is 21.7 Å². The molecule has 0 aromatic rings. The molecule has 0 aromatic carbocycles. The summed E-state index contributed by atoms with van der Waals surface area (Å²) in [7, 11) is 2.72. The summed E-state index contributed by atoms with van der Waals surface area (Å²) in [6.45, 7) is 3.06. The molecule has 0 heterocycles. The molecule has 2 aliphatic carbocycles. The van der Waals surface area contributed by atoms with Crippen molar-refractivity contribution in [1.82, 2.24) is 0 Å². The normalized spacial score (nSPS) is 17.7. The van der Waals surface area contributed by atoms with Crippen LogP contribution >= 0.6 is 0 Å². The van der Waals surface area contributed by atoms with Gasteiger partial charge in [0.05, 0.1) is 0 Å². The summed E-state index contributed by atoms with van der Waals surface area (Å²) < 4.78 is 0. The van der Waals surface area contributed by atoms with Crippen molar-refractivity contribution in [2.24, 2.45) is 0 Å². The van der Waals surface area contributed by atoms with Gasteiger partial charge in [-0.2, -0.15) is 6.08 Å². The zero-order chi connectivity index (χ0) is 8.10. The molecule has 0 amide bonds. The van der Waals surface area contributed by atoms with Crippen molar-refractivity contribution in [3.05, 3.63) is 37.3 Å². The molecule has 4 radical (unpaired) electrons. The van der Waals surface area contributed by atoms with Crippen LogP contribution < -0.4 is 0 Å².